The van der Waals surface area contributed by atoms with E-state index in [4.69, 9.17) is 31.1 Å². The third kappa shape index (κ3) is 3.38. The Hall–Kier alpha value is -3.08. The minimum absolute atomic E-state index is 0.329. The number of ether oxygens (including phenoxy) is 3. The first-order valence-corrected chi connectivity index (χ1v) is 9.91. The molecule has 0 unspecified atom stereocenters. The van der Waals surface area contributed by atoms with E-state index >= 15 is 0 Å². The second-order valence-electron chi connectivity index (χ2n) is 6.93. The van der Waals surface area contributed by atoms with E-state index < -0.39 is 12.2 Å². The number of aryl methyl sites for hydroxylation is 1. The fourth-order valence-corrected chi connectivity index (χ4v) is 4.05. The Morgan fingerprint density at radius 3 is 2.73 bits per heavy atom. The fraction of sp³-hybridized carbons (Fsp3) is 0.318. The van der Waals surface area contributed by atoms with Gasteiger partial charge in [0.05, 0.1) is 26.0 Å². The average molecular weight is 425 g/mol. The molecule has 0 fully saturated rings. The molecule has 2 aromatic carbocycles. The molecule has 8 heteroatoms. The summed E-state index contributed by atoms with van der Waals surface area (Å²) in [6, 6.07) is 13.5. The van der Waals surface area contributed by atoms with Gasteiger partial charge >= 0.3 is 0 Å². The van der Waals surface area contributed by atoms with Crippen molar-refractivity contribution in [3.63, 3.8) is 0 Å². The van der Waals surface area contributed by atoms with Gasteiger partial charge in [-0.25, -0.2) is 0 Å². The minimum Gasteiger partial charge on any atom is -0.493 e. The summed E-state index contributed by atoms with van der Waals surface area (Å²) in [6.07, 6.45) is -0.124. The van der Waals surface area contributed by atoms with Crippen molar-refractivity contribution in [1.82, 2.24) is 14.8 Å². The largest absolute Gasteiger partial charge is 0.493 e. The van der Waals surface area contributed by atoms with Gasteiger partial charge in [-0.1, -0.05) is 23.7 Å². The molecule has 30 heavy (non-hydrogen) atoms. The number of rotatable bonds is 5. The highest BCUT2D eigenvalue weighted by molar-refractivity contribution is 6.30. The summed E-state index contributed by atoms with van der Waals surface area (Å²) in [5.74, 6) is 2.59. The Bertz CT molecular complexity index is 1120. The zero-order valence-electron chi connectivity index (χ0n) is 16.9. The lowest BCUT2D eigenvalue weighted by atomic mass is 9.98. The zero-order valence-corrected chi connectivity index (χ0v) is 17.7. The van der Waals surface area contributed by atoms with Crippen molar-refractivity contribution in [3.05, 3.63) is 64.2 Å². The smallest absolute Gasteiger partial charge is 0.166 e. The molecule has 0 saturated heterocycles. The quantitative estimate of drug-likeness (QED) is 0.589. The van der Waals surface area contributed by atoms with Crippen LogP contribution in [0.2, 0.25) is 5.02 Å². The zero-order chi connectivity index (χ0) is 21.3. The highest BCUT2D eigenvalue weighted by Crippen LogP contribution is 2.46. The van der Waals surface area contributed by atoms with Crippen molar-refractivity contribution in [2.24, 2.45) is 0 Å². The number of nitrogens with zero attached hydrogens (tertiary/aromatic N) is 4. The maximum Gasteiger partial charge on any atom is 0.166 e. The predicted octanol–water partition coefficient (Wildman–Crippen LogP) is 4.71. The molecule has 4 rings (SSSR count). The van der Waals surface area contributed by atoms with Crippen LogP contribution in [0, 0.1) is 18.3 Å². The number of halogens is 1. The second-order valence-corrected chi connectivity index (χ2v) is 7.36. The van der Waals surface area contributed by atoms with Crippen molar-refractivity contribution >= 4 is 11.6 Å². The van der Waals surface area contributed by atoms with Crippen LogP contribution in [-0.2, 0) is 4.74 Å². The number of para-hydroxylation sites is 1. The van der Waals surface area contributed by atoms with Crippen LogP contribution in [-0.4, -0.2) is 29.0 Å². The molecule has 0 spiro atoms. The summed E-state index contributed by atoms with van der Waals surface area (Å²) in [4.78, 5) is 0. The predicted molar refractivity (Wildman–Crippen MR) is 111 cm³/mol. The number of hydrogen-bond donors (Lipinski definition) is 0. The van der Waals surface area contributed by atoms with Gasteiger partial charge in [0, 0.05) is 22.6 Å². The molecule has 0 bridgehead atoms. The van der Waals surface area contributed by atoms with Crippen molar-refractivity contribution in [1.29, 1.82) is 5.26 Å². The number of benzene rings is 2. The molecule has 0 radical (unpaired) electrons. The molecule has 7 nitrogen and oxygen atoms in total. The van der Waals surface area contributed by atoms with E-state index in [1.807, 2.05) is 47.9 Å². The van der Waals surface area contributed by atoms with Crippen LogP contribution >= 0.6 is 11.6 Å². The first kappa shape index (κ1) is 20.2. The molecule has 3 aromatic rings. The van der Waals surface area contributed by atoms with Crippen molar-refractivity contribution in [2.75, 3.05) is 14.2 Å². The standard InChI is InChI=1S/C22H21ClN4O3/c1-13-25-26-22-19(8-5-11-24)30-20(15-6-4-7-18(28-2)21(15)29-3)16-12-14(23)9-10-17(16)27(13)22/h4,6-7,9-10,12,19-20H,5,8H2,1-3H3/t19-,20-/m1/s1. The van der Waals surface area contributed by atoms with Crippen LogP contribution in [0.5, 0.6) is 11.5 Å². The SMILES string of the molecule is COc1cccc([C@H]2O[C@H](CCC#N)c3nnc(C)n3-c3ccc(Cl)cc32)c1OC. The van der Waals surface area contributed by atoms with Crippen LogP contribution < -0.4 is 9.47 Å². The van der Waals surface area contributed by atoms with Gasteiger partial charge in [-0.2, -0.15) is 5.26 Å². The van der Waals surface area contributed by atoms with Crippen LogP contribution in [0.3, 0.4) is 0 Å². The van der Waals surface area contributed by atoms with Crippen LogP contribution in [0.4, 0.5) is 0 Å². The second kappa shape index (κ2) is 8.34. The number of aromatic nitrogens is 3. The topological polar surface area (TPSA) is 82.2 Å². The number of nitriles is 1. The van der Waals surface area contributed by atoms with E-state index in [-0.39, 0.29) is 0 Å². The van der Waals surface area contributed by atoms with Crippen LogP contribution in [0.15, 0.2) is 36.4 Å². The number of methoxy groups -OCH3 is 2. The molecule has 2 atom stereocenters. The van der Waals surface area contributed by atoms with Crippen LogP contribution in [0.25, 0.3) is 5.69 Å². The molecule has 154 valence electrons. The third-order valence-corrected chi connectivity index (χ3v) is 5.42. The molecule has 1 aliphatic rings. The van der Waals surface area contributed by atoms with Gasteiger partial charge in [0.25, 0.3) is 0 Å². The maximum absolute atomic E-state index is 9.16. The first-order valence-electron chi connectivity index (χ1n) is 9.54. The maximum atomic E-state index is 9.16. The van der Waals surface area contributed by atoms with E-state index in [1.165, 1.54) is 0 Å². The number of fused-ring (bicyclic) bond motifs is 3. The van der Waals surface area contributed by atoms with Gasteiger partial charge in [0.15, 0.2) is 17.3 Å². The summed E-state index contributed by atoms with van der Waals surface area (Å²) >= 11 is 6.38. The van der Waals surface area contributed by atoms with E-state index in [1.54, 1.807) is 14.2 Å². The van der Waals surface area contributed by atoms with Crippen LogP contribution in [0.1, 0.15) is 47.8 Å². The highest BCUT2D eigenvalue weighted by atomic mass is 35.5. The summed E-state index contributed by atoms with van der Waals surface area (Å²) in [5, 5.41) is 18.4. The normalized spacial score (nSPS) is 17.4. The fourth-order valence-electron chi connectivity index (χ4n) is 3.87. The van der Waals surface area contributed by atoms with Gasteiger partial charge < -0.3 is 14.2 Å². The Labute approximate surface area is 179 Å². The first-order chi connectivity index (χ1) is 14.6. The molecule has 1 aromatic heterocycles. The lowest BCUT2D eigenvalue weighted by Gasteiger charge is -2.24. The lowest BCUT2D eigenvalue weighted by molar-refractivity contribution is -0.000782. The van der Waals surface area contributed by atoms with Gasteiger partial charge in [0.2, 0.25) is 0 Å². The van der Waals surface area contributed by atoms with E-state index in [0.29, 0.717) is 35.2 Å². The highest BCUT2D eigenvalue weighted by Gasteiger charge is 2.34. The van der Waals surface area contributed by atoms with E-state index in [2.05, 4.69) is 16.3 Å². The van der Waals surface area contributed by atoms with Crippen molar-refractivity contribution < 1.29 is 14.2 Å². The van der Waals surface area contributed by atoms with E-state index in [0.717, 1.165) is 22.6 Å². The van der Waals surface area contributed by atoms with Crippen molar-refractivity contribution in [3.8, 4) is 23.3 Å². The molecule has 1 aliphatic heterocycles. The Kier molecular flexibility index (Phi) is 5.62. The van der Waals surface area contributed by atoms with E-state index in [9.17, 15) is 0 Å². The minimum atomic E-state index is -0.506. The Balaban J connectivity index is 1.97. The lowest BCUT2D eigenvalue weighted by Crippen LogP contribution is -2.12. The number of hydrogen-bond acceptors (Lipinski definition) is 6. The van der Waals surface area contributed by atoms with Gasteiger partial charge in [0.1, 0.15) is 18.0 Å². The summed E-state index contributed by atoms with van der Waals surface area (Å²) in [5.41, 5.74) is 2.54. The summed E-state index contributed by atoms with van der Waals surface area (Å²) < 4.78 is 19.7. The third-order valence-electron chi connectivity index (χ3n) is 5.19. The molecular formula is C22H21ClN4O3. The Morgan fingerprint density at radius 1 is 1.17 bits per heavy atom. The summed E-state index contributed by atoms with van der Waals surface area (Å²) in [7, 11) is 3.20. The average Bonchev–Trinajstić information content (AvgIpc) is 3.08. The summed E-state index contributed by atoms with van der Waals surface area (Å²) in [6.45, 7) is 1.89. The van der Waals surface area contributed by atoms with Gasteiger partial charge in [-0.05, 0) is 37.6 Å². The van der Waals surface area contributed by atoms with Crippen molar-refractivity contribution in [2.45, 2.75) is 32.0 Å². The van der Waals surface area contributed by atoms with Gasteiger partial charge in [-0.3, -0.25) is 4.57 Å². The Morgan fingerprint density at radius 2 is 2.00 bits per heavy atom. The molecule has 0 saturated carbocycles. The molecular weight excluding hydrogens is 404 g/mol. The molecule has 2 heterocycles. The molecule has 0 amide bonds. The monoisotopic (exact) mass is 424 g/mol. The molecule has 0 aliphatic carbocycles. The molecule has 0 N–H and O–H groups in total. The van der Waals surface area contributed by atoms with Gasteiger partial charge in [-0.15, -0.1) is 10.2 Å².